The van der Waals surface area contributed by atoms with Crippen LogP contribution in [0.15, 0.2) is 60.3 Å². The molecular formula is C36H7F10N11O. The summed E-state index contributed by atoms with van der Waals surface area (Å²) in [6.45, 7) is 1.43. The van der Waals surface area contributed by atoms with Gasteiger partial charge in [-0.05, 0) is 30.7 Å². The second-order valence-electron chi connectivity index (χ2n) is 11.8. The minimum Gasteiger partial charge on any atom is -0.433 e. The Bertz CT molecular complexity index is 3300. The van der Waals surface area contributed by atoms with Crippen LogP contribution in [0, 0.1) is 99.1 Å². The van der Waals surface area contributed by atoms with Crippen LogP contribution >= 0.6 is 0 Å². The first kappa shape index (κ1) is 36.8. The standard InChI is InChI=1S/C36H7F10N11O/c1-9-4-16-17(5-14(9)37)58-36(51-16)35-56-31(55-34(57-35)13(8-49)33-53-29-26(45)24(43)25(44)27(46)30(29)54-33)10-2-3-15-28(11(10)6-47)52-32(50-15)12(7-48)18-19(38)21(40)23(42)22(41)20(18)39/h2-5H,1H3/b32-12+. The Morgan fingerprint density at radius 1 is 0.586 bits per heavy atom. The van der Waals surface area contributed by atoms with Crippen molar-refractivity contribution in [3.05, 3.63) is 138 Å². The maximum absolute atomic E-state index is 14.7. The van der Waals surface area contributed by atoms with Gasteiger partial charge in [0.25, 0.3) is 5.89 Å². The van der Waals surface area contributed by atoms with Crippen molar-refractivity contribution in [2.45, 2.75) is 6.92 Å². The number of oxazole rings is 1. The number of rotatable bonds is 4. The summed E-state index contributed by atoms with van der Waals surface area (Å²) in [6.07, 6.45) is 0. The van der Waals surface area contributed by atoms with E-state index in [1.807, 2.05) is 0 Å². The lowest BCUT2D eigenvalue weighted by Gasteiger charge is -2.07. The van der Waals surface area contributed by atoms with Gasteiger partial charge in [-0.1, -0.05) is 0 Å². The predicted molar refractivity (Wildman–Crippen MR) is 170 cm³/mol. The molecule has 4 aromatic carbocycles. The maximum atomic E-state index is 14.7. The van der Waals surface area contributed by atoms with Gasteiger partial charge in [0.2, 0.25) is 11.6 Å². The van der Waals surface area contributed by atoms with Gasteiger partial charge in [-0.2, -0.15) is 15.8 Å². The predicted octanol–water partition coefficient (Wildman–Crippen LogP) is 5.21. The number of fused-ring (bicyclic) bond motifs is 3. The molecule has 58 heavy (non-hydrogen) atoms. The molecule has 0 aliphatic carbocycles. The van der Waals surface area contributed by atoms with Crippen LogP contribution in [0.2, 0.25) is 0 Å². The molecule has 0 atom stereocenters. The van der Waals surface area contributed by atoms with Gasteiger partial charge in [-0.15, -0.1) is 0 Å². The van der Waals surface area contributed by atoms with Gasteiger partial charge < -0.3 is 4.42 Å². The van der Waals surface area contributed by atoms with Gasteiger partial charge in [-0.25, -0.2) is 83.8 Å². The summed E-state index contributed by atoms with van der Waals surface area (Å²) in [6, 6.07) is 9.28. The Morgan fingerprint density at radius 3 is 1.74 bits per heavy atom. The zero-order valence-corrected chi connectivity index (χ0v) is 27.9. The zero-order chi connectivity index (χ0) is 41.5. The van der Waals surface area contributed by atoms with E-state index < -0.39 is 132 Å². The summed E-state index contributed by atoms with van der Waals surface area (Å²) in [5.41, 5.74) is -4.27. The van der Waals surface area contributed by atoms with Crippen LogP contribution in [0.3, 0.4) is 0 Å². The van der Waals surface area contributed by atoms with E-state index in [9.17, 15) is 59.7 Å². The maximum Gasteiger partial charge on any atom is 0.266 e. The number of allylic oxidation sites excluding steroid dienone is 2. The van der Waals surface area contributed by atoms with Gasteiger partial charge in [0.05, 0.1) is 16.5 Å². The number of benzene rings is 4. The minimum absolute atomic E-state index is 0.0968. The van der Waals surface area contributed by atoms with Crippen molar-refractivity contribution >= 4 is 22.2 Å². The highest BCUT2D eigenvalue weighted by Gasteiger charge is 2.31. The second-order valence-corrected chi connectivity index (χ2v) is 11.8. The Hall–Kier alpha value is -8.19. The first-order valence-electron chi connectivity index (χ1n) is 15.6. The van der Waals surface area contributed by atoms with E-state index in [1.54, 1.807) is 12.1 Å². The summed E-state index contributed by atoms with van der Waals surface area (Å²) in [4.78, 5) is 32.0. The van der Waals surface area contributed by atoms with Crippen LogP contribution < -0.4 is 21.4 Å². The molecule has 0 fully saturated rings. The average Bonchev–Trinajstić information content (AvgIpc) is 3.97. The lowest BCUT2D eigenvalue weighted by Crippen LogP contribution is -2.32. The fourth-order valence-electron chi connectivity index (χ4n) is 5.70. The van der Waals surface area contributed by atoms with Crippen LogP contribution in [0.25, 0.3) is 45.3 Å². The molecule has 0 radical (unpaired) electrons. The molecular weight excluding hydrogens is 792 g/mol. The largest absolute Gasteiger partial charge is 0.433 e. The number of hydrogen-bond donors (Lipinski definition) is 0. The van der Waals surface area contributed by atoms with Crippen LogP contribution in [0.4, 0.5) is 43.9 Å². The molecule has 8 rings (SSSR count). The molecule has 22 heteroatoms. The number of nitrogens with zero attached hydrogens (tertiary/aromatic N) is 11. The Morgan fingerprint density at radius 2 is 1.14 bits per heavy atom. The van der Waals surface area contributed by atoms with Gasteiger partial charge in [0.15, 0.2) is 75.4 Å². The lowest BCUT2D eigenvalue weighted by molar-refractivity contribution is 0.376. The summed E-state index contributed by atoms with van der Waals surface area (Å²) in [5.74, 6) is -24.8. The molecule has 6 aromatic rings. The third-order valence-corrected chi connectivity index (χ3v) is 8.46. The van der Waals surface area contributed by atoms with Crippen molar-refractivity contribution in [1.29, 1.82) is 15.8 Å². The Balaban J connectivity index is 1.38. The number of nitriles is 3. The molecule has 0 bridgehead atoms. The van der Waals surface area contributed by atoms with E-state index in [0.29, 0.717) is 0 Å². The van der Waals surface area contributed by atoms with E-state index >= 15 is 0 Å². The molecule has 0 saturated carbocycles. The molecule has 2 aliphatic rings. The Labute approximate surface area is 312 Å². The van der Waals surface area contributed by atoms with E-state index in [0.717, 1.165) is 18.2 Å². The molecule has 282 valence electrons. The molecule has 2 aromatic heterocycles. The van der Waals surface area contributed by atoms with Crippen molar-refractivity contribution in [2.24, 2.45) is 20.0 Å². The molecule has 4 heterocycles. The van der Waals surface area contributed by atoms with Crippen LogP contribution in [-0.2, 0) is 0 Å². The summed E-state index contributed by atoms with van der Waals surface area (Å²) < 4.78 is 149. The van der Waals surface area contributed by atoms with Crippen molar-refractivity contribution in [1.82, 2.24) is 19.9 Å². The number of aryl methyl sites for hydroxylation is 1. The van der Waals surface area contributed by atoms with Gasteiger partial charge >= 0.3 is 0 Å². The monoisotopic (exact) mass is 799 g/mol. The van der Waals surface area contributed by atoms with Crippen molar-refractivity contribution in [2.75, 3.05) is 0 Å². The fraction of sp³-hybridized carbons (Fsp3) is 0.0278. The molecule has 2 aliphatic heterocycles. The molecule has 12 nitrogen and oxygen atoms in total. The molecule has 0 unspecified atom stereocenters. The quantitative estimate of drug-likeness (QED) is 0.101. The summed E-state index contributed by atoms with van der Waals surface area (Å²) >= 11 is 0. The molecule has 0 spiro atoms. The number of aromatic nitrogens is 4. The lowest BCUT2D eigenvalue weighted by atomic mass is 10.0. The Kier molecular flexibility index (Phi) is 8.39. The van der Waals surface area contributed by atoms with E-state index in [2.05, 4.69) is 39.9 Å². The zero-order valence-electron chi connectivity index (χ0n) is 27.9. The van der Waals surface area contributed by atoms with Gasteiger partial charge in [0.1, 0.15) is 56.8 Å². The molecule has 0 saturated heterocycles. The number of hydrogen-bond acceptors (Lipinski definition) is 12. The van der Waals surface area contributed by atoms with E-state index in [1.165, 1.54) is 19.1 Å². The third kappa shape index (κ3) is 5.44. The summed E-state index contributed by atoms with van der Waals surface area (Å²) in [7, 11) is 0. The molecule has 0 amide bonds. The highest BCUT2D eigenvalue weighted by Crippen LogP contribution is 2.32. The van der Waals surface area contributed by atoms with Crippen molar-refractivity contribution in [3.63, 3.8) is 0 Å². The smallest absolute Gasteiger partial charge is 0.266 e. The third-order valence-electron chi connectivity index (χ3n) is 8.46. The minimum atomic E-state index is -2.49. The topological polar surface area (TPSA) is 186 Å². The van der Waals surface area contributed by atoms with Gasteiger partial charge in [0, 0.05) is 11.6 Å². The highest BCUT2D eigenvalue weighted by molar-refractivity contribution is 5.81. The average molecular weight is 800 g/mol. The van der Waals surface area contributed by atoms with Crippen molar-refractivity contribution < 1.29 is 48.3 Å². The second kappa shape index (κ2) is 13.2. The van der Waals surface area contributed by atoms with E-state index in [-0.39, 0.29) is 27.6 Å². The SMILES string of the molecule is Cc1cc2nc(-c3nc(C(C#N)=C4N=c5c(F)c(F)c(F)c(F)c5=N4)nc(-c4ccc5c(c4C#N)=N/C(=C(\C#N)c4c(F)c(F)c(F)c(F)c4F)N=5)n3)oc2cc1F. The van der Waals surface area contributed by atoms with Crippen molar-refractivity contribution in [3.8, 4) is 41.3 Å². The van der Waals surface area contributed by atoms with Gasteiger partial charge in [-0.3, -0.25) is 0 Å². The summed E-state index contributed by atoms with van der Waals surface area (Å²) in [5, 5.41) is 27.4. The van der Waals surface area contributed by atoms with Crippen LogP contribution in [0.1, 0.15) is 22.5 Å². The van der Waals surface area contributed by atoms with E-state index in [4.69, 9.17) is 4.42 Å². The normalized spacial score (nSPS) is 13.4. The fourth-order valence-corrected chi connectivity index (χ4v) is 5.70. The first-order valence-corrected chi connectivity index (χ1v) is 15.6. The first-order chi connectivity index (χ1) is 27.7. The number of halogens is 10. The van der Waals surface area contributed by atoms with Crippen LogP contribution in [-0.4, -0.2) is 19.9 Å². The molecule has 0 N–H and O–H groups in total. The highest BCUT2D eigenvalue weighted by atomic mass is 19.2. The van der Waals surface area contributed by atoms with Crippen LogP contribution in [0.5, 0.6) is 0 Å².